The Morgan fingerprint density at radius 1 is 1.42 bits per heavy atom. The van der Waals surface area contributed by atoms with E-state index in [2.05, 4.69) is 36.3 Å². The van der Waals surface area contributed by atoms with Gasteiger partial charge in [-0.1, -0.05) is 56.0 Å². The van der Waals surface area contributed by atoms with Crippen LogP contribution in [-0.2, 0) is 16.0 Å². The lowest BCUT2D eigenvalue weighted by atomic mass is 9.92. The van der Waals surface area contributed by atoms with E-state index in [0.29, 0.717) is 23.0 Å². The molecule has 1 unspecified atom stereocenters. The molecule has 1 atom stereocenters. The first-order chi connectivity index (χ1) is 12.5. The van der Waals surface area contributed by atoms with Gasteiger partial charge < -0.3 is 4.74 Å². The topological polar surface area (TPSA) is 81.2 Å². The Balaban J connectivity index is 1.70. The lowest BCUT2D eigenvalue weighted by Gasteiger charge is -2.24. The number of hydrogen-bond acceptors (Lipinski definition) is 7. The fraction of sp³-hybridized carbons (Fsp3) is 0.444. The van der Waals surface area contributed by atoms with Gasteiger partial charge in [0.05, 0.1) is 5.56 Å². The number of anilines is 1. The summed E-state index contributed by atoms with van der Waals surface area (Å²) in [7, 11) is 0. The summed E-state index contributed by atoms with van der Waals surface area (Å²) in [5.74, 6) is 0.476. The largest absolute Gasteiger partial charge is 0.448 e. The van der Waals surface area contributed by atoms with Gasteiger partial charge >= 0.3 is 5.97 Å². The maximum Gasteiger partial charge on any atom is 0.339 e. The van der Waals surface area contributed by atoms with Gasteiger partial charge in [-0.3, -0.25) is 10.1 Å². The molecule has 1 aliphatic heterocycles. The number of carbonyl (C=O) groups is 2. The second-order valence-electron chi connectivity index (χ2n) is 6.38. The first-order valence-corrected chi connectivity index (χ1v) is 10.4. The zero-order valence-electron chi connectivity index (χ0n) is 14.9. The van der Waals surface area contributed by atoms with Gasteiger partial charge in [-0.2, -0.15) is 0 Å². The Bertz CT molecular complexity index is 820. The number of aromatic nitrogens is 2. The standard InChI is InChI=1S/C18H21N3O3S2/c1-4-7-25-18-21-20-17(26-18)19-15(22)14-9-12-8-11(10(2)3)5-6-13(12)16(23)24-14/h5-6,8,10,14H,4,7,9H2,1-3H3,(H,19,20,22). The zero-order chi connectivity index (χ0) is 18.7. The maximum absolute atomic E-state index is 12.5. The Morgan fingerprint density at radius 3 is 2.96 bits per heavy atom. The molecule has 0 saturated carbocycles. The number of benzene rings is 1. The van der Waals surface area contributed by atoms with Crippen molar-refractivity contribution in [2.45, 2.75) is 50.0 Å². The van der Waals surface area contributed by atoms with Crippen LogP contribution in [0.3, 0.4) is 0 Å². The number of rotatable bonds is 6. The Hall–Kier alpha value is -1.93. The summed E-state index contributed by atoms with van der Waals surface area (Å²) in [5.41, 5.74) is 2.52. The minimum Gasteiger partial charge on any atom is -0.448 e. The van der Waals surface area contributed by atoms with E-state index in [9.17, 15) is 9.59 Å². The van der Waals surface area contributed by atoms with Crippen molar-refractivity contribution >= 4 is 40.1 Å². The second-order valence-corrected chi connectivity index (χ2v) is 8.70. The van der Waals surface area contributed by atoms with Crippen LogP contribution in [0, 0.1) is 0 Å². The summed E-state index contributed by atoms with van der Waals surface area (Å²) in [5, 5.41) is 11.2. The average molecular weight is 392 g/mol. The third-order valence-electron chi connectivity index (χ3n) is 4.03. The highest BCUT2D eigenvalue weighted by Gasteiger charge is 2.32. The Kier molecular flexibility index (Phi) is 5.93. The predicted octanol–water partition coefficient (Wildman–Crippen LogP) is 3.88. The van der Waals surface area contributed by atoms with Crippen LogP contribution < -0.4 is 5.32 Å². The Labute approximate surface area is 160 Å². The average Bonchev–Trinajstić information content (AvgIpc) is 3.06. The van der Waals surface area contributed by atoms with Crippen molar-refractivity contribution in [1.29, 1.82) is 0 Å². The number of esters is 1. The quantitative estimate of drug-likeness (QED) is 0.457. The molecular weight excluding hydrogens is 370 g/mol. The minimum atomic E-state index is -0.854. The summed E-state index contributed by atoms with van der Waals surface area (Å²) in [4.78, 5) is 24.7. The molecule has 26 heavy (non-hydrogen) atoms. The fourth-order valence-electron chi connectivity index (χ4n) is 2.61. The molecule has 0 aliphatic carbocycles. The molecule has 3 rings (SSSR count). The third kappa shape index (κ3) is 4.24. The molecule has 8 heteroatoms. The van der Waals surface area contributed by atoms with Gasteiger partial charge in [0.25, 0.3) is 5.91 Å². The van der Waals surface area contributed by atoms with Crippen LogP contribution in [0.15, 0.2) is 22.5 Å². The van der Waals surface area contributed by atoms with E-state index in [1.165, 1.54) is 11.3 Å². The van der Waals surface area contributed by atoms with Gasteiger partial charge in [0.2, 0.25) is 5.13 Å². The van der Waals surface area contributed by atoms with Crippen LogP contribution in [0.2, 0.25) is 0 Å². The molecule has 6 nitrogen and oxygen atoms in total. The van der Waals surface area contributed by atoms with E-state index in [1.54, 1.807) is 17.8 Å². The van der Waals surface area contributed by atoms with Crippen LogP contribution in [0.25, 0.3) is 0 Å². The number of nitrogens with one attached hydrogen (secondary N) is 1. The van der Waals surface area contributed by atoms with Gasteiger partial charge in [-0.25, -0.2) is 4.79 Å². The smallest absolute Gasteiger partial charge is 0.339 e. The van der Waals surface area contributed by atoms with Crippen LogP contribution in [-0.4, -0.2) is 33.9 Å². The number of thioether (sulfide) groups is 1. The molecule has 1 aromatic carbocycles. The van der Waals surface area contributed by atoms with Crippen LogP contribution in [0.5, 0.6) is 0 Å². The van der Waals surface area contributed by atoms with Crippen molar-refractivity contribution in [3.8, 4) is 0 Å². The number of carbonyl (C=O) groups excluding carboxylic acids is 2. The maximum atomic E-state index is 12.5. The molecule has 0 radical (unpaired) electrons. The highest BCUT2D eigenvalue weighted by molar-refractivity contribution is 8.01. The summed E-state index contributed by atoms with van der Waals surface area (Å²) < 4.78 is 6.13. The van der Waals surface area contributed by atoms with E-state index in [-0.39, 0.29) is 5.91 Å². The van der Waals surface area contributed by atoms with Crippen molar-refractivity contribution in [3.63, 3.8) is 0 Å². The number of fused-ring (bicyclic) bond motifs is 1. The molecule has 0 spiro atoms. The van der Waals surface area contributed by atoms with Crippen LogP contribution >= 0.6 is 23.1 Å². The molecule has 0 saturated heterocycles. The highest BCUT2D eigenvalue weighted by Crippen LogP contribution is 2.28. The number of hydrogen-bond donors (Lipinski definition) is 1. The first kappa shape index (κ1) is 18.8. The van der Waals surface area contributed by atoms with Crippen molar-refractivity contribution in [1.82, 2.24) is 10.2 Å². The molecule has 1 amide bonds. The summed E-state index contributed by atoms with van der Waals surface area (Å²) in [6.45, 7) is 6.28. The molecule has 138 valence electrons. The van der Waals surface area contributed by atoms with Crippen LogP contribution in [0.1, 0.15) is 54.6 Å². The summed E-state index contributed by atoms with van der Waals surface area (Å²) in [6.07, 6.45) is 0.555. The molecular formula is C18H21N3O3S2. The van der Waals surface area contributed by atoms with Crippen molar-refractivity contribution < 1.29 is 14.3 Å². The van der Waals surface area contributed by atoms with Gasteiger partial charge in [0.1, 0.15) is 0 Å². The van der Waals surface area contributed by atoms with E-state index in [0.717, 1.165) is 27.6 Å². The summed E-state index contributed by atoms with van der Waals surface area (Å²) in [6, 6.07) is 5.70. The molecule has 1 aliphatic rings. The zero-order valence-corrected chi connectivity index (χ0v) is 16.6. The van der Waals surface area contributed by atoms with Gasteiger partial charge in [-0.15, -0.1) is 10.2 Å². The summed E-state index contributed by atoms with van der Waals surface area (Å²) >= 11 is 2.93. The molecule has 0 bridgehead atoms. The predicted molar refractivity (Wildman–Crippen MR) is 103 cm³/mol. The number of cyclic esters (lactones) is 1. The molecule has 1 aromatic heterocycles. The lowest BCUT2D eigenvalue weighted by Crippen LogP contribution is -2.38. The van der Waals surface area contributed by atoms with Crippen molar-refractivity contribution in [3.05, 3.63) is 34.9 Å². The van der Waals surface area contributed by atoms with E-state index in [1.807, 2.05) is 12.1 Å². The van der Waals surface area contributed by atoms with Gasteiger partial charge in [0, 0.05) is 12.2 Å². The minimum absolute atomic E-state index is 0.353. The monoisotopic (exact) mass is 391 g/mol. The molecule has 2 heterocycles. The second kappa shape index (κ2) is 8.18. The van der Waals surface area contributed by atoms with Crippen LogP contribution in [0.4, 0.5) is 5.13 Å². The van der Waals surface area contributed by atoms with E-state index >= 15 is 0 Å². The van der Waals surface area contributed by atoms with E-state index in [4.69, 9.17) is 4.74 Å². The van der Waals surface area contributed by atoms with E-state index < -0.39 is 12.1 Å². The molecule has 0 fully saturated rings. The van der Waals surface area contributed by atoms with Crippen molar-refractivity contribution in [2.24, 2.45) is 0 Å². The van der Waals surface area contributed by atoms with Crippen molar-refractivity contribution in [2.75, 3.05) is 11.1 Å². The third-order valence-corrected chi connectivity index (χ3v) is 6.21. The normalized spacial score (nSPS) is 16.3. The van der Waals surface area contributed by atoms with Gasteiger partial charge in [0.15, 0.2) is 10.4 Å². The fourth-order valence-corrected chi connectivity index (χ4v) is 4.30. The number of ether oxygens (including phenoxy) is 1. The lowest BCUT2D eigenvalue weighted by molar-refractivity contribution is -0.125. The van der Waals surface area contributed by atoms with Gasteiger partial charge in [-0.05, 0) is 29.5 Å². The highest BCUT2D eigenvalue weighted by atomic mass is 32.2. The molecule has 1 N–H and O–H groups in total. The SMILES string of the molecule is CCCSc1nnc(NC(=O)C2Cc3cc(C(C)C)ccc3C(=O)O2)s1. The Morgan fingerprint density at radius 2 is 2.23 bits per heavy atom. The molecule has 2 aromatic rings. The number of nitrogens with zero attached hydrogens (tertiary/aromatic N) is 2. The number of amides is 1. The first-order valence-electron chi connectivity index (χ1n) is 8.59.